The lowest BCUT2D eigenvalue weighted by Gasteiger charge is -2.37. The summed E-state index contributed by atoms with van der Waals surface area (Å²) in [6.07, 6.45) is 0.473. The Morgan fingerprint density at radius 1 is 1.12 bits per heavy atom. The van der Waals surface area contributed by atoms with Gasteiger partial charge in [0.25, 0.3) is 0 Å². The first-order valence-electron chi connectivity index (χ1n) is 10.9. The van der Waals surface area contributed by atoms with E-state index in [1.54, 1.807) is 26.0 Å². The van der Waals surface area contributed by atoms with Crippen LogP contribution in [-0.4, -0.2) is 24.8 Å². The number of ether oxygens (including phenoxy) is 2. The Labute approximate surface area is 192 Å². The molecule has 0 spiro atoms. The zero-order valence-electron chi connectivity index (χ0n) is 19.1. The van der Waals surface area contributed by atoms with Gasteiger partial charge in [-0.2, -0.15) is 0 Å². The first kappa shape index (κ1) is 22.6. The number of benzene rings is 1. The monoisotopic (exact) mass is 449 g/mol. The van der Waals surface area contributed by atoms with Crippen LogP contribution in [0, 0.1) is 18.8 Å². The van der Waals surface area contributed by atoms with Crippen molar-refractivity contribution in [2.75, 3.05) is 7.11 Å². The molecule has 2 aliphatic rings. The van der Waals surface area contributed by atoms with Gasteiger partial charge in [0.05, 0.1) is 18.6 Å². The molecule has 0 radical (unpaired) electrons. The molecule has 2 heterocycles. The summed E-state index contributed by atoms with van der Waals surface area (Å²) in [5, 5.41) is 3.24. The number of hydrogen-bond donors (Lipinski definition) is 1. The number of ketones is 1. The molecule has 1 aliphatic heterocycles. The summed E-state index contributed by atoms with van der Waals surface area (Å²) in [7, 11) is 1.27. The Morgan fingerprint density at radius 3 is 2.48 bits per heavy atom. The minimum Gasteiger partial charge on any atom is -0.468 e. The number of esters is 2. The van der Waals surface area contributed by atoms with Crippen LogP contribution in [0.3, 0.4) is 0 Å². The predicted octanol–water partition coefficient (Wildman–Crippen LogP) is 3.94. The van der Waals surface area contributed by atoms with Gasteiger partial charge >= 0.3 is 11.9 Å². The molecule has 0 amide bonds. The Morgan fingerprint density at radius 2 is 1.85 bits per heavy atom. The molecule has 1 aromatic carbocycles. The molecule has 1 aliphatic carbocycles. The minimum absolute atomic E-state index is 0.0992. The molecule has 0 saturated heterocycles. The highest BCUT2D eigenvalue weighted by atomic mass is 16.5. The topological polar surface area (TPSA) is 94.8 Å². The molecule has 4 rings (SSSR count). The third-order valence-electron chi connectivity index (χ3n) is 6.22. The second-order valence-electron chi connectivity index (χ2n) is 8.55. The number of aryl methyl sites for hydroxylation is 1. The normalized spacial score (nSPS) is 22.5. The SMILES string of the molecule is COC(=O)[C@@H]1C(=O)C2=C(C[C@@H]1C)NC(C)=C(C(=O)OCc1ccccc1)[C@H]2c1ccc(C)o1. The van der Waals surface area contributed by atoms with Gasteiger partial charge in [-0.05, 0) is 43.9 Å². The first-order valence-corrected chi connectivity index (χ1v) is 10.9. The number of nitrogens with one attached hydrogen (secondary N) is 1. The Balaban J connectivity index is 1.74. The van der Waals surface area contributed by atoms with E-state index in [1.165, 1.54) is 7.11 Å². The Bertz CT molecular complexity index is 1160. The Kier molecular flexibility index (Phi) is 6.22. The predicted molar refractivity (Wildman–Crippen MR) is 120 cm³/mol. The number of rotatable bonds is 5. The van der Waals surface area contributed by atoms with E-state index in [0.717, 1.165) is 5.56 Å². The van der Waals surface area contributed by atoms with Crippen LogP contribution in [0.25, 0.3) is 0 Å². The van der Waals surface area contributed by atoms with Gasteiger partial charge in [0.15, 0.2) is 5.78 Å². The molecular weight excluding hydrogens is 422 g/mol. The number of hydrogen-bond acceptors (Lipinski definition) is 7. The van der Waals surface area contributed by atoms with E-state index >= 15 is 0 Å². The van der Waals surface area contributed by atoms with Gasteiger partial charge in [-0.25, -0.2) is 4.79 Å². The third-order valence-corrected chi connectivity index (χ3v) is 6.22. The fraction of sp³-hybridized carbons (Fsp3) is 0.346. The van der Waals surface area contributed by atoms with Crippen molar-refractivity contribution < 1.29 is 28.3 Å². The molecule has 1 aromatic heterocycles. The molecule has 33 heavy (non-hydrogen) atoms. The zero-order valence-corrected chi connectivity index (χ0v) is 19.1. The van der Waals surface area contributed by atoms with Crippen molar-refractivity contribution in [3.63, 3.8) is 0 Å². The molecular formula is C26H27NO6. The fourth-order valence-electron chi connectivity index (χ4n) is 4.65. The van der Waals surface area contributed by atoms with Crippen molar-refractivity contribution in [1.29, 1.82) is 0 Å². The van der Waals surface area contributed by atoms with E-state index in [1.807, 2.05) is 37.3 Å². The zero-order chi connectivity index (χ0) is 23.7. The smallest absolute Gasteiger partial charge is 0.337 e. The molecule has 7 nitrogen and oxygen atoms in total. The maximum Gasteiger partial charge on any atom is 0.337 e. The largest absolute Gasteiger partial charge is 0.468 e. The number of furan rings is 1. The molecule has 7 heteroatoms. The quantitative estimate of drug-likeness (QED) is 0.546. The van der Waals surface area contributed by atoms with Gasteiger partial charge in [0.2, 0.25) is 0 Å². The average molecular weight is 450 g/mol. The molecule has 172 valence electrons. The first-order chi connectivity index (χ1) is 15.8. The van der Waals surface area contributed by atoms with E-state index in [4.69, 9.17) is 13.9 Å². The summed E-state index contributed by atoms with van der Waals surface area (Å²) >= 11 is 0. The van der Waals surface area contributed by atoms with Crippen LogP contribution in [0.5, 0.6) is 0 Å². The van der Waals surface area contributed by atoms with Crippen LogP contribution >= 0.6 is 0 Å². The van der Waals surface area contributed by atoms with Crippen molar-refractivity contribution in [3.8, 4) is 0 Å². The highest BCUT2D eigenvalue weighted by molar-refractivity contribution is 6.12. The minimum atomic E-state index is -0.936. The van der Waals surface area contributed by atoms with E-state index in [-0.39, 0.29) is 18.3 Å². The van der Waals surface area contributed by atoms with Crippen LogP contribution in [0.4, 0.5) is 0 Å². The average Bonchev–Trinajstić information content (AvgIpc) is 3.23. The molecule has 0 unspecified atom stereocenters. The van der Waals surface area contributed by atoms with Crippen molar-refractivity contribution in [2.45, 2.75) is 39.7 Å². The number of carbonyl (C=O) groups excluding carboxylic acids is 3. The third kappa shape index (κ3) is 4.23. The van der Waals surface area contributed by atoms with Crippen molar-refractivity contribution >= 4 is 17.7 Å². The molecule has 0 fully saturated rings. The van der Waals surface area contributed by atoms with Crippen LogP contribution in [0.15, 0.2) is 69.4 Å². The molecule has 0 bridgehead atoms. The van der Waals surface area contributed by atoms with Gasteiger partial charge < -0.3 is 19.2 Å². The lowest BCUT2D eigenvalue weighted by atomic mass is 9.70. The van der Waals surface area contributed by atoms with Gasteiger partial charge in [0.1, 0.15) is 24.0 Å². The van der Waals surface area contributed by atoms with Crippen LogP contribution < -0.4 is 5.32 Å². The van der Waals surface area contributed by atoms with Crippen LogP contribution in [0.2, 0.25) is 0 Å². The van der Waals surface area contributed by atoms with Crippen molar-refractivity contribution in [1.82, 2.24) is 5.32 Å². The number of carbonyl (C=O) groups is 3. The lowest BCUT2D eigenvalue weighted by Crippen LogP contribution is -2.43. The lowest BCUT2D eigenvalue weighted by molar-refractivity contribution is -0.151. The second-order valence-corrected chi connectivity index (χ2v) is 8.55. The van der Waals surface area contributed by atoms with E-state index in [0.29, 0.717) is 40.5 Å². The summed E-state index contributed by atoms with van der Waals surface area (Å²) in [6.45, 7) is 5.53. The maximum atomic E-state index is 13.6. The maximum absolute atomic E-state index is 13.6. The van der Waals surface area contributed by atoms with Crippen molar-refractivity contribution in [2.24, 2.45) is 11.8 Å². The highest BCUT2D eigenvalue weighted by Gasteiger charge is 2.48. The van der Waals surface area contributed by atoms with Gasteiger partial charge in [-0.3, -0.25) is 9.59 Å². The van der Waals surface area contributed by atoms with E-state index in [2.05, 4.69) is 5.32 Å². The van der Waals surface area contributed by atoms with Crippen LogP contribution in [-0.2, 0) is 30.5 Å². The summed E-state index contributed by atoms with van der Waals surface area (Å²) in [5.41, 5.74) is 2.80. The van der Waals surface area contributed by atoms with E-state index in [9.17, 15) is 14.4 Å². The Hall–Kier alpha value is -3.61. The second kappa shape index (κ2) is 9.10. The van der Waals surface area contributed by atoms with Gasteiger partial charge in [-0.1, -0.05) is 37.3 Å². The summed E-state index contributed by atoms with van der Waals surface area (Å²) in [6, 6.07) is 12.9. The summed E-state index contributed by atoms with van der Waals surface area (Å²) in [4.78, 5) is 39.3. The summed E-state index contributed by atoms with van der Waals surface area (Å²) in [5.74, 6) is -2.32. The number of Topliss-reactive ketones (excluding diaryl/α,β-unsaturated/α-hetero) is 1. The number of allylic oxidation sites excluding steroid dienone is 3. The molecule has 2 aromatic rings. The van der Waals surface area contributed by atoms with E-state index < -0.39 is 23.8 Å². The number of methoxy groups -OCH3 is 1. The fourth-order valence-corrected chi connectivity index (χ4v) is 4.65. The molecule has 0 saturated carbocycles. The van der Waals surface area contributed by atoms with Gasteiger partial charge in [0, 0.05) is 17.0 Å². The highest BCUT2D eigenvalue weighted by Crippen LogP contribution is 2.45. The van der Waals surface area contributed by atoms with Crippen molar-refractivity contribution in [3.05, 3.63) is 82.1 Å². The van der Waals surface area contributed by atoms with Gasteiger partial charge in [-0.15, -0.1) is 0 Å². The molecule has 3 atom stereocenters. The standard InChI is InChI=1S/C26H27NO6/c1-14-12-18-22(24(28)20(14)25(29)31-4)23(19-11-10-15(2)33-19)21(16(3)27-18)26(30)32-13-17-8-6-5-7-9-17/h5-11,14,20,23,27H,12-13H2,1-4H3/t14-,20-,23+/m0/s1. The summed E-state index contributed by atoms with van der Waals surface area (Å²) < 4.78 is 16.4. The molecule has 1 N–H and O–H groups in total. The number of dihydropyridines is 1. The van der Waals surface area contributed by atoms with Crippen LogP contribution in [0.1, 0.15) is 43.3 Å².